The Balaban J connectivity index is 1.65. The number of nitrogens with zero attached hydrogens (tertiary/aromatic N) is 3. The summed E-state index contributed by atoms with van der Waals surface area (Å²) in [4.78, 5) is 13.4. The Hall–Kier alpha value is -3.40. The third kappa shape index (κ3) is 3.54. The van der Waals surface area contributed by atoms with E-state index in [4.69, 9.17) is 0 Å². The summed E-state index contributed by atoms with van der Waals surface area (Å²) in [5.41, 5.74) is 7.44. The van der Waals surface area contributed by atoms with Crippen molar-refractivity contribution in [3.8, 4) is 33.8 Å². The Morgan fingerprint density at radius 2 is 1.54 bits per heavy atom. The quantitative estimate of drug-likeness (QED) is 0.449. The zero-order valence-corrected chi connectivity index (χ0v) is 16.1. The lowest BCUT2D eigenvalue weighted by atomic mass is 9.99. The first-order chi connectivity index (χ1) is 13.5. The summed E-state index contributed by atoms with van der Waals surface area (Å²) >= 11 is 0. The standard InChI is InChI=1S/C24H20FN3/c1-15-5-4-6-19(11-15)24-26-13-20(14-27-24)21-8-7-18(12-16(21)2)23-10-9-22(25)17(3)28-23/h4-14H,1-3H3. The summed E-state index contributed by atoms with van der Waals surface area (Å²) in [5.74, 6) is 0.427. The van der Waals surface area contributed by atoms with Gasteiger partial charge in [0.2, 0.25) is 0 Å². The van der Waals surface area contributed by atoms with E-state index in [1.165, 1.54) is 11.6 Å². The van der Waals surface area contributed by atoms with Crippen molar-refractivity contribution in [2.75, 3.05) is 0 Å². The van der Waals surface area contributed by atoms with Gasteiger partial charge in [0.25, 0.3) is 0 Å². The number of aromatic nitrogens is 3. The zero-order chi connectivity index (χ0) is 19.7. The average molecular weight is 369 g/mol. The van der Waals surface area contributed by atoms with Crippen LogP contribution in [0.3, 0.4) is 0 Å². The number of pyridine rings is 1. The van der Waals surface area contributed by atoms with E-state index in [9.17, 15) is 4.39 Å². The number of rotatable bonds is 3. The highest BCUT2D eigenvalue weighted by Crippen LogP contribution is 2.28. The Kier molecular flexibility index (Phi) is 4.70. The molecule has 0 radical (unpaired) electrons. The molecular formula is C24H20FN3. The average Bonchev–Trinajstić information content (AvgIpc) is 2.70. The molecule has 2 aromatic carbocycles. The molecule has 2 aromatic heterocycles. The lowest BCUT2D eigenvalue weighted by Crippen LogP contribution is -1.94. The molecule has 0 aliphatic heterocycles. The normalized spacial score (nSPS) is 10.9. The van der Waals surface area contributed by atoms with Crippen molar-refractivity contribution < 1.29 is 4.39 Å². The molecule has 4 rings (SSSR count). The minimum absolute atomic E-state index is 0.289. The van der Waals surface area contributed by atoms with Gasteiger partial charge in [-0.15, -0.1) is 0 Å². The van der Waals surface area contributed by atoms with E-state index in [1.54, 1.807) is 13.0 Å². The van der Waals surface area contributed by atoms with Crippen molar-refractivity contribution in [3.05, 3.63) is 89.6 Å². The third-order valence-electron chi connectivity index (χ3n) is 4.78. The van der Waals surface area contributed by atoms with Crippen molar-refractivity contribution in [3.63, 3.8) is 0 Å². The van der Waals surface area contributed by atoms with Gasteiger partial charge in [0.05, 0.1) is 11.4 Å². The van der Waals surface area contributed by atoms with Crippen molar-refractivity contribution in [2.45, 2.75) is 20.8 Å². The summed E-state index contributed by atoms with van der Waals surface area (Å²) in [6.07, 6.45) is 3.71. The molecule has 0 bridgehead atoms. The number of aryl methyl sites for hydroxylation is 3. The van der Waals surface area contributed by atoms with Gasteiger partial charge in [-0.25, -0.2) is 14.4 Å². The highest BCUT2D eigenvalue weighted by molar-refractivity contribution is 5.72. The highest BCUT2D eigenvalue weighted by atomic mass is 19.1. The van der Waals surface area contributed by atoms with Crippen LogP contribution in [0.15, 0.2) is 67.0 Å². The largest absolute Gasteiger partial charge is 0.250 e. The predicted octanol–water partition coefficient (Wildman–Crippen LogP) is 5.94. The van der Waals surface area contributed by atoms with E-state index < -0.39 is 0 Å². The second-order valence-corrected chi connectivity index (χ2v) is 6.96. The first kappa shape index (κ1) is 18.0. The van der Waals surface area contributed by atoms with Gasteiger partial charge in [0.15, 0.2) is 5.82 Å². The van der Waals surface area contributed by atoms with Gasteiger partial charge in [-0.1, -0.05) is 35.9 Å². The molecule has 0 saturated heterocycles. The summed E-state index contributed by atoms with van der Waals surface area (Å²) in [5, 5.41) is 0. The highest BCUT2D eigenvalue weighted by Gasteiger charge is 2.09. The van der Waals surface area contributed by atoms with Crippen LogP contribution < -0.4 is 0 Å². The van der Waals surface area contributed by atoms with Gasteiger partial charge in [0, 0.05) is 29.1 Å². The predicted molar refractivity (Wildman–Crippen MR) is 110 cm³/mol. The van der Waals surface area contributed by atoms with Gasteiger partial charge >= 0.3 is 0 Å². The summed E-state index contributed by atoms with van der Waals surface area (Å²) in [6.45, 7) is 5.77. The zero-order valence-electron chi connectivity index (χ0n) is 16.1. The van der Waals surface area contributed by atoms with Crippen LogP contribution in [-0.2, 0) is 0 Å². The number of hydrogen-bond acceptors (Lipinski definition) is 3. The second-order valence-electron chi connectivity index (χ2n) is 6.96. The third-order valence-corrected chi connectivity index (χ3v) is 4.78. The molecule has 28 heavy (non-hydrogen) atoms. The van der Waals surface area contributed by atoms with Crippen LogP contribution in [0.5, 0.6) is 0 Å². The molecule has 0 fully saturated rings. The van der Waals surface area contributed by atoms with E-state index in [1.807, 2.05) is 43.6 Å². The molecule has 0 aliphatic carbocycles. The van der Waals surface area contributed by atoms with E-state index >= 15 is 0 Å². The first-order valence-electron chi connectivity index (χ1n) is 9.15. The maximum absolute atomic E-state index is 13.5. The monoisotopic (exact) mass is 369 g/mol. The molecule has 2 heterocycles. The van der Waals surface area contributed by atoms with Crippen molar-refractivity contribution in [2.24, 2.45) is 0 Å². The lowest BCUT2D eigenvalue weighted by Gasteiger charge is -2.10. The van der Waals surface area contributed by atoms with Crippen molar-refractivity contribution in [1.82, 2.24) is 15.0 Å². The molecule has 0 saturated carbocycles. The maximum Gasteiger partial charge on any atom is 0.159 e. The van der Waals surface area contributed by atoms with E-state index in [-0.39, 0.29) is 5.82 Å². The summed E-state index contributed by atoms with van der Waals surface area (Å²) in [6, 6.07) is 17.4. The molecule has 0 N–H and O–H groups in total. The lowest BCUT2D eigenvalue weighted by molar-refractivity contribution is 0.610. The van der Waals surface area contributed by atoms with Gasteiger partial charge < -0.3 is 0 Å². The minimum Gasteiger partial charge on any atom is -0.250 e. The molecule has 0 aliphatic rings. The van der Waals surface area contributed by atoms with E-state index in [0.717, 1.165) is 33.5 Å². The van der Waals surface area contributed by atoms with Gasteiger partial charge in [-0.05, 0) is 56.2 Å². The van der Waals surface area contributed by atoms with Gasteiger partial charge in [0.1, 0.15) is 5.82 Å². The van der Waals surface area contributed by atoms with Crippen LogP contribution in [0, 0.1) is 26.6 Å². The van der Waals surface area contributed by atoms with Crippen molar-refractivity contribution >= 4 is 0 Å². The van der Waals surface area contributed by atoms with E-state index in [0.29, 0.717) is 11.5 Å². The fraction of sp³-hybridized carbons (Fsp3) is 0.125. The molecule has 4 heteroatoms. The van der Waals surface area contributed by atoms with Crippen molar-refractivity contribution in [1.29, 1.82) is 0 Å². The fourth-order valence-electron chi connectivity index (χ4n) is 3.25. The molecule has 3 nitrogen and oxygen atoms in total. The molecular weight excluding hydrogens is 349 g/mol. The Bertz CT molecular complexity index is 1150. The Morgan fingerprint density at radius 3 is 2.21 bits per heavy atom. The molecule has 0 amide bonds. The van der Waals surface area contributed by atoms with Crippen LogP contribution in [-0.4, -0.2) is 15.0 Å². The van der Waals surface area contributed by atoms with Gasteiger partial charge in [-0.3, -0.25) is 4.98 Å². The molecule has 138 valence electrons. The molecule has 4 aromatic rings. The second kappa shape index (κ2) is 7.31. The first-order valence-corrected chi connectivity index (χ1v) is 9.15. The number of benzene rings is 2. The SMILES string of the molecule is Cc1cccc(-c2ncc(-c3ccc(-c4ccc(F)c(C)n4)cc3C)cn2)c1. The number of halogens is 1. The molecule has 0 spiro atoms. The molecule has 0 atom stereocenters. The minimum atomic E-state index is -0.289. The van der Waals surface area contributed by atoms with Crippen LogP contribution in [0.25, 0.3) is 33.8 Å². The molecule has 0 unspecified atom stereocenters. The van der Waals surface area contributed by atoms with Gasteiger partial charge in [-0.2, -0.15) is 0 Å². The van der Waals surface area contributed by atoms with Crippen LogP contribution in [0.2, 0.25) is 0 Å². The topological polar surface area (TPSA) is 38.7 Å². The van der Waals surface area contributed by atoms with Crippen LogP contribution in [0.4, 0.5) is 4.39 Å². The summed E-state index contributed by atoms with van der Waals surface area (Å²) in [7, 11) is 0. The Morgan fingerprint density at radius 1 is 0.750 bits per heavy atom. The smallest absolute Gasteiger partial charge is 0.159 e. The van der Waals surface area contributed by atoms with Crippen LogP contribution in [0.1, 0.15) is 16.8 Å². The fourth-order valence-corrected chi connectivity index (χ4v) is 3.25. The van der Waals surface area contributed by atoms with Crippen LogP contribution >= 0.6 is 0 Å². The Labute approximate surface area is 164 Å². The summed E-state index contributed by atoms with van der Waals surface area (Å²) < 4.78 is 13.5. The van der Waals surface area contributed by atoms with E-state index in [2.05, 4.69) is 40.1 Å². The maximum atomic E-state index is 13.5. The number of hydrogen-bond donors (Lipinski definition) is 0.